The first-order valence-corrected chi connectivity index (χ1v) is 9.50. The van der Waals surface area contributed by atoms with Gasteiger partial charge in [0.15, 0.2) is 5.78 Å². The standard InChI is InChI=1S/C22H28O2/c1-4-13-24-20-8-7-18-17-6-5-15-14-16(23)9-11-21(15,2)19(17)10-12-22(18,20)3/h1,8,14,17-19H,5-7,9-13H2,2-3H3/t17-,18+,19+,21-,22?/m0/s1. The highest BCUT2D eigenvalue weighted by atomic mass is 16.5. The second-order valence-electron chi connectivity index (χ2n) is 8.72. The molecule has 24 heavy (non-hydrogen) atoms. The number of fused-ring (bicyclic) bond motifs is 5. The summed E-state index contributed by atoms with van der Waals surface area (Å²) in [4.78, 5) is 11.9. The van der Waals surface area contributed by atoms with Crippen LogP contribution in [0.15, 0.2) is 23.5 Å². The number of ether oxygens (including phenoxy) is 1. The van der Waals surface area contributed by atoms with Crippen LogP contribution in [0, 0.1) is 40.9 Å². The van der Waals surface area contributed by atoms with Crippen molar-refractivity contribution in [1.29, 1.82) is 0 Å². The summed E-state index contributed by atoms with van der Waals surface area (Å²) in [6.07, 6.45) is 17.4. The molecule has 0 spiro atoms. The Hall–Kier alpha value is -1.49. The molecular formula is C22H28O2. The van der Waals surface area contributed by atoms with E-state index in [1.165, 1.54) is 24.8 Å². The first kappa shape index (κ1) is 16.0. The Labute approximate surface area is 145 Å². The second-order valence-corrected chi connectivity index (χ2v) is 8.72. The summed E-state index contributed by atoms with van der Waals surface area (Å²) in [5.41, 5.74) is 1.86. The Bertz CT molecular complexity index is 664. The molecule has 4 aliphatic carbocycles. The molecule has 2 heteroatoms. The predicted molar refractivity (Wildman–Crippen MR) is 95.0 cm³/mol. The molecule has 5 atom stereocenters. The highest BCUT2D eigenvalue weighted by Crippen LogP contribution is 2.65. The van der Waals surface area contributed by atoms with Crippen molar-refractivity contribution < 1.29 is 9.53 Å². The highest BCUT2D eigenvalue weighted by molar-refractivity contribution is 5.91. The number of ketones is 1. The van der Waals surface area contributed by atoms with Crippen LogP contribution in [0.5, 0.6) is 0 Å². The number of terminal acetylenes is 1. The number of rotatable bonds is 2. The third-order valence-corrected chi connectivity index (χ3v) is 7.78. The lowest BCUT2D eigenvalue weighted by Gasteiger charge is -2.57. The van der Waals surface area contributed by atoms with E-state index in [4.69, 9.17) is 11.2 Å². The van der Waals surface area contributed by atoms with Crippen molar-refractivity contribution in [3.05, 3.63) is 23.5 Å². The van der Waals surface area contributed by atoms with Crippen LogP contribution in [0.1, 0.15) is 58.8 Å². The fraction of sp³-hybridized carbons (Fsp3) is 0.682. The lowest BCUT2D eigenvalue weighted by molar-refractivity contribution is -0.117. The van der Waals surface area contributed by atoms with Crippen LogP contribution in [0.2, 0.25) is 0 Å². The summed E-state index contributed by atoms with van der Waals surface area (Å²) < 4.78 is 5.92. The molecule has 0 N–H and O–H groups in total. The van der Waals surface area contributed by atoms with Crippen molar-refractivity contribution in [1.82, 2.24) is 0 Å². The van der Waals surface area contributed by atoms with E-state index in [2.05, 4.69) is 25.8 Å². The van der Waals surface area contributed by atoms with Gasteiger partial charge in [-0.3, -0.25) is 4.79 Å². The number of hydrogen-bond acceptors (Lipinski definition) is 2. The van der Waals surface area contributed by atoms with Crippen LogP contribution in [0.4, 0.5) is 0 Å². The van der Waals surface area contributed by atoms with Gasteiger partial charge in [0.05, 0.1) is 5.76 Å². The van der Waals surface area contributed by atoms with Crippen LogP contribution in [-0.4, -0.2) is 12.4 Å². The van der Waals surface area contributed by atoms with Crippen LogP contribution in [0.3, 0.4) is 0 Å². The van der Waals surface area contributed by atoms with E-state index in [0.717, 1.165) is 43.3 Å². The molecule has 2 saturated carbocycles. The van der Waals surface area contributed by atoms with Crippen molar-refractivity contribution in [3.8, 4) is 12.3 Å². The maximum Gasteiger partial charge on any atom is 0.155 e. The average molecular weight is 324 g/mol. The summed E-state index contributed by atoms with van der Waals surface area (Å²) in [7, 11) is 0. The molecule has 0 radical (unpaired) electrons. The molecule has 0 bridgehead atoms. The van der Waals surface area contributed by atoms with E-state index in [0.29, 0.717) is 18.3 Å². The Morgan fingerprint density at radius 3 is 2.83 bits per heavy atom. The van der Waals surface area contributed by atoms with Gasteiger partial charge in [0.2, 0.25) is 0 Å². The van der Waals surface area contributed by atoms with E-state index >= 15 is 0 Å². The maximum absolute atomic E-state index is 11.9. The van der Waals surface area contributed by atoms with Crippen LogP contribution in [-0.2, 0) is 9.53 Å². The van der Waals surface area contributed by atoms with Gasteiger partial charge >= 0.3 is 0 Å². The smallest absolute Gasteiger partial charge is 0.155 e. The van der Waals surface area contributed by atoms with Crippen molar-refractivity contribution >= 4 is 5.78 Å². The molecule has 1 unspecified atom stereocenters. The Kier molecular flexibility index (Phi) is 3.68. The maximum atomic E-state index is 11.9. The highest BCUT2D eigenvalue weighted by Gasteiger charge is 2.57. The summed E-state index contributed by atoms with van der Waals surface area (Å²) in [6.45, 7) is 5.21. The normalized spacial score (nSPS) is 43.7. The number of allylic oxidation sites excluding steroid dienone is 4. The van der Waals surface area contributed by atoms with E-state index in [-0.39, 0.29) is 10.8 Å². The third-order valence-electron chi connectivity index (χ3n) is 7.78. The summed E-state index contributed by atoms with van der Waals surface area (Å²) >= 11 is 0. The van der Waals surface area contributed by atoms with Gasteiger partial charge in [-0.25, -0.2) is 0 Å². The van der Waals surface area contributed by atoms with Crippen LogP contribution in [0.25, 0.3) is 0 Å². The molecule has 0 heterocycles. The van der Waals surface area contributed by atoms with Gasteiger partial charge in [0.1, 0.15) is 6.61 Å². The molecule has 128 valence electrons. The summed E-state index contributed by atoms with van der Waals surface area (Å²) in [5.74, 6) is 6.26. The van der Waals surface area contributed by atoms with Crippen molar-refractivity contribution in [2.24, 2.45) is 28.6 Å². The Morgan fingerprint density at radius 2 is 2.04 bits per heavy atom. The molecule has 4 rings (SSSR count). The van der Waals surface area contributed by atoms with Crippen molar-refractivity contribution in [3.63, 3.8) is 0 Å². The predicted octanol–water partition coefficient (Wildman–Crippen LogP) is 4.66. The van der Waals surface area contributed by atoms with Crippen molar-refractivity contribution in [2.45, 2.75) is 58.8 Å². The summed E-state index contributed by atoms with van der Waals surface area (Å²) in [6, 6.07) is 0. The largest absolute Gasteiger partial charge is 0.485 e. The third kappa shape index (κ3) is 2.13. The fourth-order valence-electron chi connectivity index (χ4n) is 6.43. The molecule has 2 fully saturated rings. The van der Waals surface area contributed by atoms with Gasteiger partial charge in [-0.05, 0) is 73.8 Å². The van der Waals surface area contributed by atoms with Crippen LogP contribution >= 0.6 is 0 Å². The van der Waals surface area contributed by atoms with Crippen LogP contribution < -0.4 is 0 Å². The number of hydrogen-bond donors (Lipinski definition) is 0. The first-order chi connectivity index (χ1) is 11.5. The molecule has 0 aromatic heterocycles. The zero-order valence-corrected chi connectivity index (χ0v) is 14.9. The molecule has 0 aliphatic heterocycles. The zero-order valence-electron chi connectivity index (χ0n) is 14.9. The van der Waals surface area contributed by atoms with Gasteiger partial charge in [0.25, 0.3) is 0 Å². The second kappa shape index (κ2) is 5.51. The first-order valence-electron chi connectivity index (χ1n) is 9.50. The van der Waals surface area contributed by atoms with E-state index < -0.39 is 0 Å². The monoisotopic (exact) mass is 324 g/mol. The minimum absolute atomic E-state index is 0.167. The number of carbonyl (C=O) groups is 1. The molecule has 0 saturated heterocycles. The molecule has 0 amide bonds. The quantitative estimate of drug-likeness (QED) is 0.690. The molecular weight excluding hydrogens is 296 g/mol. The Balaban J connectivity index is 1.61. The lowest BCUT2D eigenvalue weighted by atomic mass is 9.47. The van der Waals surface area contributed by atoms with E-state index in [1.54, 1.807) is 0 Å². The minimum Gasteiger partial charge on any atom is -0.485 e. The summed E-state index contributed by atoms with van der Waals surface area (Å²) in [5, 5.41) is 0. The zero-order chi connectivity index (χ0) is 16.9. The fourth-order valence-corrected chi connectivity index (χ4v) is 6.43. The van der Waals surface area contributed by atoms with Gasteiger partial charge < -0.3 is 4.74 Å². The lowest BCUT2D eigenvalue weighted by Crippen LogP contribution is -2.50. The average Bonchev–Trinajstić information content (AvgIpc) is 2.90. The SMILES string of the molecule is C#CCOC1=CC[C@@H]2[C@@H]3CCC4=CC(=O)CC[C@]4(C)[C@@H]3CCC12C. The minimum atomic E-state index is 0.167. The number of carbonyl (C=O) groups excluding carboxylic acids is 1. The molecule has 0 aromatic carbocycles. The van der Waals surface area contributed by atoms with Gasteiger partial charge in [0, 0.05) is 11.8 Å². The van der Waals surface area contributed by atoms with Gasteiger partial charge in [-0.1, -0.05) is 25.3 Å². The molecule has 2 nitrogen and oxygen atoms in total. The van der Waals surface area contributed by atoms with Gasteiger partial charge in [-0.2, -0.15) is 0 Å². The van der Waals surface area contributed by atoms with Gasteiger partial charge in [-0.15, -0.1) is 6.42 Å². The Morgan fingerprint density at radius 1 is 1.21 bits per heavy atom. The molecule has 0 aromatic rings. The molecule has 4 aliphatic rings. The van der Waals surface area contributed by atoms with E-state index in [9.17, 15) is 4.79 Å². The van der Waals surface area contributed by atoms with E-state index in [1.807, 2.05) is 6.08 Å². The van der Waals surface area contributed by atoms with Crippen molar-refractivity contribution in [2.75, 3.05) is 6.61 Å². The topological polar surface area (TPSA) is 26.3 Å².